The SMILES string of the molecule is c1ccc(-c2nc3c(-n4c5ccccc5n5c6ccccc6cc45)c4oc(-c5ccccc5)nc4c(-c4ccccc4)c3o2)cc1. The van der Waals surface area contributed by atoms with Crippen molar-refractivity contribution < 1.29 is 8.83 Å². The van der Waals surface area contributed by atoms with Gasteiger partial charge in [-0.1, -0.05) is 97.1 Å². The van der Waals surface area contributed by atoms with Gasteiger partial charge in [-0.2, -0.15) is 0 Å². The second-order valence-electron chi connectivity index (χ2n) is 11.4. The third-order valence-electron chi connectivity index (χ3n) is 8.77. The van der Waals surface area contributed by atoms with E-state index < -0.39 is 0 Å². The molecule has 0 saturated carbocycles. The Bertz CT molecular complexity index is 2640. The van der Waals surface area contributed by atoms with Crippen molar-refractivity contribution in [2.24, 2.45) is 0 Å². The van der Waals surface area contributed by atoms with Crippen molar-refractivity contribution in [3.8, 4) is 39.7 Å². The molecule has 0 atom stereocenters. The average Bonchev–Trinajstić information content (AvgIpc) is 3.90. The lowest BCUT2D eigenvalue weighted by atomic mass is 10.0. The van der Waals surface area contributed by atoms with E-state index in [1.807, 2.05) is 78.9 Å². The molecule has 4 heterocycles. The summed E-state index contributed by atoms with van der Waals surface area (Å²) in [5.41, 5.74) is 11.4. The number of hydrogen-bond donors (Lipinski definition) is 0. The van der Waals surface area contributed by atoms with Gasteiger partial charge in [-0.25, -0.2) is 9.97 Å². The molecule has 0 amide bonds. The first-order valence-corrected chi connectivity index (χ1v) is 15.3. The van der Waals surface area contributed by atoms with Crippen molar-refractivity contribution in [1.29, 1.82) is 0 Å². The zero-order valence-electron chi connectivity index (χ0n) is 24.5. The van der Waals surface area contributed by atoms with Crippen LogP contribution in [0.4, 0.5) is 0 Å². The number of aromatic nitrogens is 4. The minimum absolute atomic E-state index is 0.540. The molecule has 6 nitrogen and oxygen atoms in total. The summed E-state index contributed by atoms with van der Waals surface area (Å²) in [4.78, 5) is 10.4. The molecule has 0 fully saturated rings. The molecule has 46 heavy (non-hydrogen) atoms. The van der Waals surface area contributed by atoms with E-state index in [-0.39, 0.29) is 0 Å². The van der Waals surface area contributed by atoms with E-state index in [2.05, 4.69) is 75.7 Å². The Labute approximate surface area is 262 Å². The Balaban J connectivity index is 1.43. The fourth-order valence-electron chi connectivity index (χ4n) is 6.76. The van der Waals surface area contributed by atoms with Crippen LogP contribution in [0.3, 0.4) is 0 Å². The molecule has 0 saturated heterocycles. The molecule has 0 aliphatic rings. The van der Waals surface area contributed by atoms with Gasteiger partial charge < -0.3 is 8.83 Å². The lowest BCUT2D eigenvalue weighted by Gasteiger charge is -2.10. The Morgan fingerprint density at radius 1 is 0.457 bits per heavy atom. The molecule has 0 bridgehead atoms. The summed E-state index contributed by atoms with van der Waals surface area (Å²) in [6.45, 7) is 0. The molecule has 10 rings (SSSR count). The van der Waals surface area contributed by atoms with Gasteiger partial charge in [0.2, 0.25) is 11.8 Å². The van der Waals surface area contributed by atoms with Crippen LogP contribution in [0.25, 0.3) is 89.5 Å². The first-order valence-electron chi connectivity index (χ1n) is 15.3. The molecule has 0 radical (unpaired) electrons. The molecule has 6 heteroatoms. The third-order valence-corrected chi connectivity index (χ3v) is 8.77. The molecule has 0 spiro atoms. The molecular formula is C40H24N4O2. The van der Waals surface area contributed by atoms with Gasteiger partial charge in [0.15, 0.2) is 11.2 Å². The first-order chi connectivity index (χ1) is 22.8. The summed E-state index contributed by atoms with van der Waals surface area (Å²) in [6, 6.07) is 49.4. The molecule has 4 aromatic heterocycles. The zero-order valence-corrected chi connectivity index (χ0v) is 24.5. The minimum Gasteiger partial charge on any atom is -0.435 e. The van der Waals surface area contributed by atoms with E-state index in [0.717, 1.165) is 61.0 Å². The van der Waals surface area contributed by atoms with Gasteiger partial charge in [-0.3, -0.25) is 8.97 Å². The molecule has 0 N–H and O–H groups in total. The maximum atomic E-state index is 6.84. The minimum atomic E-state index is 0.540. The van der Waals surface area contributed by atoms with E-state index in [9.17, 15) is 0 Å². The van der Waals surface area contributed by atoms with Gasteiger partial charge >= 0.3 is 0 Å². The number of fused-ring (bicyclic) bond motifs is 7. The highest BCUT2D eigenvalue weighted by atomic mass is 16.4. The number of imidazole rings is 1. The zero-order chi connectivity index (χ0) is 30.2. The molecule has 6 aromatic carbocycles. The standard InChI is InChI=1S/C40H24N4O2/c1-4-14-25(15-5-1)33-34-38(46-39(41-34)26-16-6-2-7-17-26)36(35-37(33)45-40(42-35)27-18-8-3-9-19-27)44-31-23-13-12-22-30(31)43-29-21-11-10-20-28(29)24-32(43)44/h1-24H. The van der Waals surface area contributed by atoms with Gasteiger partial charge in [-0.05, 0) is 54.1 Å². The second kappa shape index (κ2) is 9.55. The maximum Gasteiger partial charge on any atom is 0.227 e. The Morgan fingerprint density at radius 3 is 1.65 bits per heavy atom. The predicted octanol–water partition coefficient (Wildman–Crippen LogP) is 10.3. The largest absolute Gasteiger partial charge is 0.435 e. The maximum absolute atomic E-state index is 6.84. The van der Waals surface area contributed by atoms with Crippen LogP contribution in [-0.4, -0.2) is 18.9 Å². The van der Waals surface area contributed by atoms with Gasteiger partial charge in [0, 0.05) is 16.5 Å². The van der Waals surface area contributed by atoms with E-state index in [0.29, 0.717) is 28.5 Å². The lowest BCUT2D eigenvalue weighted by molar-refractivity contribution is 0.617. The Morgan fingerprint density at radius 2 is 0.978 bits per heavy atom. The summed E-state index contributed by atoms with van der Waals surface area (Å²) in [6.07, 6.45) is 0. The van der Waals surface area contributed by atoms with Crippen LogP contribution in [0.1, 0.15) is 0 Å². The van der Waals surface area contributed by atoms with Crippen LogP contribution in [0.5, 0.6) is 0 Å². The van der Waals surface area contributed by atoms with Crippen molar-refractivity contribution in [1.82, 2.24) is 18.9 Å². The van der Waals surface area contributed by atoms with Crippen molar-refractivity contribution >= 4 is 49.8 Å². The Hall–Kier alpha value is -6.40. The van der Waals surface area contributed by atoms with Crippen LogP contribution < -0.4 is 0 Å². The molecule has 10 aromatic rings. The summed E-state index contributed by atoms with van der Waals surface area (Å²) >= 11 is 0. The molecule has 216 valence electrons. The topological polar surface area (TPSA) is 61.4 Å². The second-order valence-corrected chi connectivity index (χ2v) is 11.4. The number of benzene rings is 6. The highest BCUT2D eigenvalue weighted by molar-refractivity contribution is 6.14. The van der Waals surface area contributed by atoms with Crippen LogP contribution in [0.2, 0.25) is 0 Å². The first kappa shape index (κ1) is 25.0. The lowest BCUT2D eigenvalue weighted by Crippen LogP contribution is -1.98. The van der Waals surface area contributed by atoms with Gasteiger partial charge in [-0.15, -0.1) is 0 Å². The number of rotatable bonds is 4. The summed E-state index contributed by atoms with van der Waals surface area (Å²) in [5.74, 6) is 1.08. The Kier molecular flexibility index (Phi) is 5.19. The average molecular weight is 593 g/mol. The normalized spacial score (nSPS) is 11.9. The van der Waals surface area contributed by atoms with E-state index in [1.165, 1.54) is 0 Å². The van der Waals surface area contributed by atoms with Crippen LogP contribution >= 0.6 is 0 Å². The van der Waals surface area contributed by atoms with Crippen molar-refractivity contribution in [3.05, 3.63) is 146 Å². The molecule has 0 unspecified atom stereocenters. The van der Waals surface area contributed by atoms with E-state index in [1.54, 1.807) is 0 Å². The summed E-state index contributed by atoms with van der Waals surface area (Å²) in [5, 5.41) is 1.15. The predicted molar refractivity (Wildman–Crippen MR) is 183 cm³/mol. The van der Waals surface area contributed by atoms with Crippen LogP contribution in [-0.2, 0) is 0 Å². The fraction of sp³-hybridized carbons (Fsp3) is 0. The monoisotopic (exact) mass is 592 g/mol. The van der Waals surface area contributed by atoms with Gasteiger partial charge in [0.05, 0.1) is 22.1 Å². The van der Waals surface area contributed by atoms with E-state index >= 15 is 0 Å². The van der Waals surface area contributed by atoms with Crippen molar-refractivity contribution in [2.75, 3.05) is 0 Å². The molecular weight excluding hydrogens is 568 g/mol. The summed E-state index contributed by atoms with van der Waals surface area (Å²) in [7, 11) is 0. The van der Waals surface area contributed by atoms with Gasteiger partial charge in [0.1, 0.15) is 22.4 Å². The third kappa shape index (κ3) is 3.52. The van der Waals surface area contributed by atoms with Crippen molar-refractivity contribution in [3.63, 3.8) is 0 Å². The number of nitrogens with zero attached hydrogens (tertiary/aromatic N) is 4. The highest BCUT2D eigenvalue weighted by Gasteiger charge is 2.29. The quantitative estimate of drug-likeness (QED) is 0.204. The van der Waals surface area contributed by atoms with Crippen LogP contribution in [0, 0.1) is 0 Å². The molecule has 0 aliphatic heterocycles. The number of hydrogen-bond acceptors (Lipinski definition) is 4. The number of para-hydroxylation sites is 3. The fourth-order valence-corrected chi connectivity index (χ4v) is 6.76. The van der Waals surface area contributed by atoms with E-state index in [4.69, 9.17) is 18.8 Å². The summed E-state index contributed by atoms with van der Waals surface area (Å²) < 4.78 is 18.2. The van der Waals surface area contributed by atoms with Crippen LogP contribution in [0.15, 0.2) is 154 Å². The highest BCUT2D eigenvalue weighted by Crippen LogP contribution is 2.45. The van der Waals surface area contributed by atoms with Gasteiger partial charge in [0.25, 0.3) is 0 Å². The molecule has 0 aliphatic carbocycles. The smallest absolute Gasteiger partial charge is 0.227 e. The number of oxazole rings is 2. The van der Waals surface area contributed by atoms with Crippen molar-refractivity contribution in [2.45, 2.75) is 0 Å².